The van der Waals surface area contributed by atoms with Gasteiger partial charge in [0.15, 0.2) is 0 Å². The molecule has 0 bridgehead atoms. The molecule has 0 aromatic carbocycles. The molecule has 0 amide bonds. The molecule has 1 aliphatic heterocycles. The normalized spacial score (nSPS) is 21.3. The lowest BCUT2D eigenvalue weighted by molar-refractivity contribution is 0.0690. The van der Waals surface area contributed by atoms with E-state index >= 15 is 0 Å². The SMILES string of the molecule is CN(C)c1nc2c(c(=O)[nH]1)CCC21CCCN(c2ccnc(C(=O)O)c2)C1. The van der Waals surface area contributed by atoms with E-state index in [9.17, 15) is 14.7 Å². The quantitative estimate of drug-likeness (QED) is 0.843. The Morgan fingerprint density at radius 3 is 2.93 bits per heavy atom. The van der Waals surface area contributed by atoms with Gasteiger partial charge in [0, 0.05) is 50.0 Å². The number of aromatic amines is 1. The van der Waals surface area contributed by atoms with E-state index in [1.165, 1.54) is 6.20 Å². The van der Waals surface area contributed by atoms with Crippen molar-refractivity contribution in [2.45, 2.75) is 31.1 Å². The van der Waals surface area contributed by atoms with E-state index in [0.717, 1.165) is 55.7 Å². The predicted octanol–water partition coefficient (Wildman–Crippen LogP) is 1.41. The van der Waals surface area contributed by atoms with Gasteiger partial charge in [-0.3, -0.25) is 9.78 Å². The Morgan fingerprint density at radius 1 is 1.37 bits per heavy atom. The molecule has 1 unspecified atom stereocenters. The van der Waals surface area contributed by atoms with Crippen LogP contribution in [-0.2, 0) is 11.8 Å². The number of aromatic carboxylic acids is 1. The van der Waals surface area contributed by atoms with Crippen LogP contribution in [0.2, 0.25) is 0 Å². The predicted molar refractivity (Wildman–Crippen MR) is 102 cm³/mol. The zero-order valence-corrected chi connectivity index (χ0v) is 15.5. The van der Waals surface area contributed by atoms with Gasteiger partial charge in [0.1, 0.15) is 5.69 Å². The van der Waals surface area contributed by atoms with Crippen LogP contribution in [-0.4, -0.2) is 53.2 Å². The van der Waals surface area contributed by atoms with Gasteiger partial charge in [0.05, 0.1) is 5.69 Å². The van der Waals surface area contributed by atoms with Gasteiger partial charge in [-0.1, -0.05) is 0 Å². The fourth-order valence-corrected chi connectivity index (χ4v) is 4.33. The number of nitrogens with zero attached hydrogens (tertiary/aromatic N) is 4. The molecular formula is C19H23N5O3. The molecule has 0 saturated carbocycles. The highest BCUT2D eigenvalue weighted by atomic mass is 16.4. The van der Waals surface area contributed by atoms with Gasteiger partial charge in [-0.2, -0.15) is 0 Å². The summed E-state index contributed by atoms with van der Waals surface area (Å²) < 4.78 is 0. The van der Waals surface area contributed by atoms with E-state index < -0.39 is 5.97 Å². The summed E-state index contributed by atoms with van der Waals surface area (Å²) >= 11 is 0. The van der Waals surface area contributed by atoms with Gasteiger partial charge in [0.25, 0.3) is 5.56 Å². The van der Waals surface area contributed by atoms with Crippen molar-refractivity contribution in [2.24, 2.45) is 0 Å². The van der Waals surface area contributed by atoms with Gasteiger partial charge in [0.2, 0.25) is 5.95 Å². The highest BCUT2D eigenvalue weighted by Gasteiger charge is 2.45. The van der Waals surface area contributed by atoms with Crippen LogP contribution in [0.3, 0.4) is 0 Å². The maximum absolute atomic E-state index is 12.5. The number of hydrogen-bond acceptors (Lipinski definition) is 6. The largest absolute Gasteiger partial charge is 0.477 e. The third-order valence-electron chi connectivity index (χ3n) is 5.69. The molecule has 8 heteroatoms. The first-order chi connectivity index (χ1) is 12.9. The second-order valence-electron chi connectivity index (χ2n) is 7.62. The Bertz CT molecular complexity index is 955. The number of carbonyl (C=O) groups is 1. The van der Waals surface area contributed by atoms with Crippen molar-refractivity contribution in [3.63, 3.8) is 0 Å². The standard InChI is InChI=1S/C19H23N5O3/c1-23(2)18-21-15-13(16(25)22-18)4-7-19(15)6-3-9-24(11-19)12-5-8-20-14(10-12)17(26)27/h5,8,10H,3-4,6-7,9,11H2,1-2H3,(H,26,27)(H,21,22,25). The maximum Gasteiger partial charge on any atom is 0.354 e. The molecule has 142 valence electrons. The van der Waals surface area contributed by atoms with Gasteiger partial charge >= 0.3 is 5.97 Å². The molecule has 1 aliphatic carbocycles. The summed E-state index contributed by atoms with van der Waals surface area (Å²) in [4.78, 5) is 39.4. The summed E-state index contributed by atoms with van der Waals surface area (Å²) in [5.74, 6) is -0.451. The van der Waals surface area contributed by atoms with Crippen molar-refractivity contribution in [3.05, 3.63) is 45.6 Å². The molecule has 2 N–H and O–H groups in total. The van der Waals surface area contributed by atoms with Crippen LogP contribution in [0.5, 0.6) is 0 Å². The molecule has 27 heavy (non-hydrogen) atoms. The topological polar surface area (TPSA) is 102 Å². The average Bonchev–Trinajstić information content (AvgIpc) is 3.00. The fraction of sp³-hybridized carbons (Fsp3) is 0.474. The van der Waals surface area contributed by atoms with Crippen molar-refractivity contribution in [1.82, 2.24) is 15.0 Å². The zero-order valence-electron chi connectivity index (χ0n) is 15.5. The first-order valence-corrected chi connectivity index (χ1v) is 9.15. The van der Waals surface area contributed by atoms with Crippen LogP contribution in [0.25, 0.3) is 0 Å². The molecule has 8 nitrogen and oxygen atoms in total. The van der Waals surface area contributed by atoms with E-state index in [0.29, 0.717) is 5.95 Å². The van der Waals surface area contributed by atoms with E-state index in [2.05, 4.69) is 14.9 Å². The van der Waals surface area contributed by atoms with Crippen LogP contribution >= 0.6 is 0 Å². The summed E-state index contributed by atoms with van der Waals surface area (Å²) in [5, 5.41) is 9.22. The average molecular weight is 369 g/mol. The van der Waals surface area contributed by atoms with Crippen molar-refractivity contribution < 1.29 is 9.90 Å². The molecule has 2 aliphatic rings. The lowest BCUT2D eigenvalue weighted by atomic mass is 9.77. The lowest BCUT2D eigenvalue weighted by Crippen LogP contribution is -2.46. The maximum atomic E-state index is 12.5. The molecule has 1 spiro atoms. The number of H-pyrrole nitrogens is 1. The van der Waals surface area contributed by atoms with Crippen molar-refractivity contribution in [3.8, 4) is 0 Å². The number of pyridine rings is 1. The lowest BCUT2D eigenvalue weighted by Gasteiger charge is -2.41. The number of nitrogens with one attached hydrogen (secondary N) is 1. The van der Waals surface area contributed by atoms with Crippen LogP contribution < -0.4 is 15.4 Å². The molecule has 2 aromatic rings. The van der Waals surface area contributed by atoms with Crippen molar-refractivity contribution in [2.75, 3.05) is 37.0 Å². The smallest absolute Gasteiger partial charge is 0.354 e. The molecule has 1 atom stereocenters. The van der Waals surface area contributed by atoms with Gasteiger partial charge in [-0.15, -0.1) is 0 Å². The monoisotopic (exact) mass is 369 g/mol. The number of carboxylic acids is 1. The highest BCUT2D eigenvalue weighted by molar-refractivity contribution is 5.86. The Morgan fingerprint density at radius 2 is 2.19 bits per heavy atom. The molecular weight excluding hydrogens is 346 g/mol. The molecule has 1 saturated heterocycles. The van der Waals surface area contributed by atoms with Gasteiger partial charge < -0.3 is 14.9 Å². The Labute approximate surface area is 156 Å². The third-order valence-corrected chi connectivity index (χ3v) is 5.69. The summed E-state index contributed by atoms with van der Waals surface area (Å²) in [5.41, 5.74) is 2.39. The zero-order chi connectivity index (χ0) is 19.2. The first-order valence-electron chi connectivity index (χ1n) is 9.15. The Balaban J connectivity index is 1.72. The molecule has 3 heterocycles. The summed E-state index contributed by atoms with van der Waals surface area (Å²) in [7, 11) is 3.73. The summed E-state index contributed by atoms with van der Waals surface area (Å²) in [6.45, 7) is 1.58. The number of aromatic nitrogens is 3. The number of piperidine rings is 1. The van der Waals surface area contributed by atoms with Gasteiger partial charge in [-0.25, -0.2) is 14.8 Å². The van der Waals surface area contributed by atoms with Crippen LogP contribution in [0.15, 0.2) is 23.1 Å². The van der Waals surface area contributed by atoms with E-state index in [-0.39, 0.29) is 16.7 Å². The first kappa shape index (κ1) is 17.5. The third kappa shape index (κ3) is 2.94. The number of hydrogen-bond donors (Lipinski definition) is 2. The molecule has 4 rings (SSSR count). The second kappa shape index (κ2) is 6.37. The Hall–Kier alpha value is -2.90. The van der Waals surface area contributed by atoms with Gasteiger partial charge in [-0.05, 0) is 37.8 Å². The molecule has 0 radical (unpaired) electrons. The van der Waals surface area contributed by atoms with E-state index in [4.69, 9.17) is 4.98 Å². The number of carboxylic acid groups (broad SMARTS) is 1. The molecule has 1 fully saturated rings. The Kier molecular flexibility index (Phi) is 4.13. The van der Waals surface area contributed by atoms with Crippen molar-refractivity contribution in [1.29, 1.82) is 0 Å². The molecule has 2 aromatic heterocycles. The minimum atomic E-state index is -1.03. The van der Waals surface area contributed by atoms with Crippen LogP contribution in [0.4, 0.5) is 11.6 Å². The highest BCUT2D eigenvalue weighted by Crippen LogP contribution is 2.44. The van der Waals surface area contributed by atoms with E-state index in [1.54, 1.807) is 6.07 Å². The minimum absolute atomic E-state index is 0.0448. The number of fused-ring (bicyclic) bond motifs is 2. The summed E-state index contributed by atoms with van der Waals surface area (Å²) in [6, 6.07) is 3.46. The second-order valence-corrected chi connectivity index (χ2v) is 7.62. The fourth-order valence-electron chi connectivity index (χ4n) is 4.33. The number of anilines is 2. The number of rotatable bonds is 3. The van der Waals surface area contributed by atoms with Crippen molar-refractivity contribution >= 4 is 17.6 Å². The van der Waals surface area contributed by atoms with Crippen LogP contribution in [0, 0.1) is 0 Å². The van der Waals surface area contributed by atoms with Crippen LogP contribution in [0.1, 0.15) is 41.0 Å². The minimum Gasteiger partial charge on any atom is -0.477 e. The van der Waals surface area contributed by atoms with E-state index in [1.807, 2.05) is 25.1 Å². The summed E-state index contributed by atoms with van der Waals surface area (Å²) in [6.07, 6.45) is 5.11.